The lowest BCUT2D eigenvalue weighted by molar-refractivity contribution is 0.475. The minimum absolute atomic E-state index is 0.0760. The van der Waals surface area contributed by atoms with Gasteiger partial charge in [-0.15, -0.1) is 0 Å². The van der Waals surface area contributed by atoms with Gasteiger partial charge in [0.25, 0.3) is 0 Å². The Morgan fingerprint density at radius 3 is 2.50 bits per heavy atom. The van der Waals surface area contributed by atoms with Crippen molar-refractivity contribution in [3.05, 3.63) is 58.3 Å². The molecular formula is C16H13NO3. The Hall–Kier alpha value is -2.75. The summed E-state index contributed by atoms with van der Waals surface area (Å²) in [5.41, 5.74) is 7.88. The molecule has 4 heteroatoms. The molecule has 0 spiro atoms. The quantitative estimate of drug-likeness (QED) is 0.710. The molecule has 0 saturated heterocycles. The number of phenolic OH excluding ortho intramolecular Hbond substituents is 1. The van der Waals surface area contributed by atoms with Gasteiger partial charge in [0.1, 0.15) is 17.0 Å². The SMILES string of the molecule is Cc1ccc2c(=O)c(N)c(-c3ccc(O)cc3)oc2c1. The maximum absolute atomic E-state index is 12.3. The highest BCUT2D eigenvalue weighted by Crippen LogP contribution is 2.28. The first kappa shape index (κ1) is 12.3. The summed E-state index contributed by atoms with van der Waals surface area (Å²) in [5.74, 6) is 0.472. The van der Waals surface area contributed by atoms with Crippen LogP contribution < -0.4 is 11.2 Å². The third-order valence-corrected chi connectivity index (χ3v) is 3.21. The molecule has 0 aliphatic rings. The van der Waals surface area contributed by atoms with Crippen molar-refractivity contribution >= 4 is 16.7 Å². The van der Waals surface area contributed by atoms with Crippen LogP contribution in [0.25, 0.3) is 22.3 Å². The van der Waals surface area contributed by atoms with Gasteiger partial charge in [-0.2, -0.15) is 0 Å². The minimum atomic E-state index is -0.241. The third-order valence-electron chi connectivity index (χ3n) is 3.21. The largest absolute Gasteiger partial charge is 0.508 e. The first-order chi connectivity index (χ1) is 9.56. The van der Waals surface area contributed by atoms with Crippen molar-refractivity contribution in [2.24, 2.45) is 0 Å². The van der Waals surface area contributed by atoms with E-state index >= 15 is 0 Å². The second-order valence-corrected chi connectivity index (χ2v) is 4.72. The molecule has 100 valence electrons. The van der Waals surface area contributed by atoms with Gasteiger partial charge in [0, 0.05) is 5.56 Å². The van der Waals surface area contributed by atoms with Crippen LogP contribution in [0.3, 0.4) is 0 Å². The van der Waals surface area contributed by atoms with E-state index in [2.05, 4.69) is 0 Å². The van der Waals surface area contributed by atoms with Crippen LogP contribution in [0.5, 0.6) is 5.75 Å². The number of benzene rings is 2. The number of hydrogen-bond acceptors (Lipinski definition) is 4. The predicted octanol–water partition coefficient (Wildman–Crippen LogP) is 3.06. The fraction of sp³-hybridized carbons (Fsp3) is 0.0625. The molecule has 2 aromatic carbocycles. The predicted molar refractivity (Wildman–Crippen MR) is 78.7 cm³/mol. The molecule has 0 atom stereocenters. The molecule has 0 saturated carbocycles. The Kier molecular flexibility index (Phi) is 2.71. The molecule has 3 rings (SSSR count). The lowest BCUT2D eigenvalue weighted by Gasteiger charge is -2.07. The number of aryl methyl sites for hydroxylation is 1. The number of rotatable bonds is 1. The van der Waals surface area contributed by atoms with Gasteiger partial charge in [-0.3, -0.25) is 4.79 Å². The first-order valence-corrected chi connectivity index (χ1v) is 6.18. The molecule has 0 unspecified atom stereocenters. The Labute approximate surface area is 115 Å². The maximum atomic E-state index is 12.3. The zero-order chi connectivity index (χ0) is 14.3. The number of fused-ring (bicyclic) bond motifs is 1. The summed E-state index contributed by atoms with van der Waals surface area (Å²) >= 11 is 0. The van der Waals surface area contributed by atoms with Crippen molar-refractivity contribution in [3.63, 3.8) is 0 Å². The average Bonchev–Trinajstić information content (AvgIpc) is 2.44. The van der Waals surface area contributed by atoms with E-state index < -0.39 is 0 Å². The van der Waals surface area contributed by atoms with Crippen molar-refractivity contribution in [1.29, 1.82) is 0 Å². The van der Waals surface area contributed by atoms with Crippen LogP contribution in [-0.2, 0) is 0 Å². The van der Waals surface area contributed by atoms with Crippen molar-refractivity contribution in [3.8, 4) is 17.1 Å². The van der Waals surface area contributed by atoms with Gasteiger partial charge >= 0.3 is 0 Å². The fourth-order valence-electron chi connectivity index (χ4n) is 2.14. The Bertz CT molecular complexity index is 848. The van der Waals surface area contributed by atoms with E-state index in [1.165, 1.54) is 12.1 Å². The topological polar surface area (TPSA) is 76.5 Å². The van der Waals surface area contributed by atoms with Gasteiger partial charge in [-0.1, -0.05) is 6.07 Å². The summed E-state index contributed by atoms with van der Waals surface area (Å²) < 4.78 is 5.77. The van der Waals surface area contributed by atoms with Crippen molar-refractivity contribution in [1.82, 2.24) is 0 Å². The maximum Gasteiger partial charge on any atom is 0.216 e. The Morgan fingerprint density at radius 1 is 1.10 bits per heavy atom. The Balaban J connectivity index is 2.33. The summed E-state index contributed by atoms with van der Waals surface area (Å²) in [6, 6.07) is 11.7. The molecule has 0 aliphatic heterocycles. The van der Waals surface area contributed by atoms with E-state index in [1.807, 2.05) is 13.0 Å². The molecule has 1 heterocycles. The number of aromatic hydroxyl groups is 1. The van der Waals surface area contributed by atoms with Gasteiger partial charge in [0.05, 0.1) is 5.39 Å². The highest BCUT2D eigenvalue weighted by Gasteiger charge is 2.13. The highest BCUT2D eigenvalue weighted by atomic mass is 16.3. The number of hydrogen-bond donors (Lipinski definition) is 2. The average molecular weight is 267 g/mol. The van der Waals surface area contributed by atoms with Crippen molar-refractivity contribution in [2.45, 2.75) is 6.92 Å². The van der Waals surface area contributed by atoms with E-state index in [0.717, 1.165) is 5.56 Å². The highest BCUT2D eigenvalue weighted by molar-refractivity contribution is 5.85. The van der Waals surface area contributed by atoms with Crippen LogP contribution in [0.2, 0.25) is 0 Å². The molecule has 0 radical (unpaired) electrons. The van der Waals surface area contributed by atoms with E-state index in [1.54, 1.807) is 24.3 Å². The van der Waals surface area contributed by atoms with Gasteiger partial charge in [-0.05, 0) is 48.9 Å². The molecule has 3 N–H and O–H groups in total. The molecular weight excluding hydrogens is 254 g/mol. The molecule has 0 bridgehead atoms. The normalized spacial score (nSPS) is 10.8. The van der Waals surface area contributed by atoms with Crippen LogP contribution in [-0.4, -0.2) is 5.11 Å². The lowest BCUT2D eigenvalue weighted by atomic mass is 10.1. The van der Waals surface area contributed by atoms with Crippen molar-refractivity contribution in [2.75, 3.05) is 5.73 Å². The van der Waals surface area contributed by atoms with Crippen LogP contribution in [0, 0.1) is 6.92 Å². The molecule has 1 aromatic heterocycles. The molecule has 3 aromatic rings. The van der Waals surface area contributed by atoms with Gasteiger partial charge in [0.15, 0.2) is 5.76 Å². The van der Waals surface area contributed by atoms with Crippen molar-refractivity contribution < 1.29 is 9.52 Å². The number of nitrogen functional groups attached to an aromatic ring is 1. The van der Waals surface area contributed by atoms with Gasteiger partial charge in [0.2, 0.25) is 5.43 Å². The number of phenols is 1. The van der Waals surface area contributed by atoms with E-state index in [0.29, 0.717) is 22.3 Å². The standard InChI is InChI=1S/C16H13NO3/c1-9-2-7-12-13(8-9)20-16(14(17)15(12)19)10-3-5-11(18)6-4-10/h2-8,18H,17H2,1H3. The minimum Gasteiger partial charge on any atom is -0.508 e. The first-order valence-electron chi connectivity index (χ1n) is 6.18. The van der Waals surface area contributed by atoms with E-state index in [9.17, 15) is 9.90 Å². The van der Waals surface area contributed by atoms with Gasteiger partial charge < -0.3 is 15.3 Å². The molecule has 0 aliphatic carbocycles. The number of anilines is 1. The molecule has 0 fully saturated rings. The zero-order valence-corrected chi connectivity index (χ0v) is 10.9. The second-order valence-electron chi connectivity index (χ2n) is 4.72. The van der Waals surface area contributed by atoms with Crippen LogP contribution >= 0.6 is 0 Å². The zero-order valence-electron chi connectivity index (χ0n) is 10.9. The summed E-state index contributed by atoms with van der Waals surface area (Å²) in [4.78, 5) is 12.3. The molecule has 20 heavy (non-hydrogen) atoms. The molecule has 0 amide bonds. The monoisotopic (exact) mass is 267 g/mol. The van der Waals surface area contributed by atoms with Crippen LogP contribution in [0.15, 0.2) is 51.7 Å². The lowest BCUT2D eigenvalue weighted by Crippen LogP contribution is -2.10. The fourth-order valence-corrected chi connectivity index (χ4v) is 2.14. The van der Waals surface area contributed by atoms with Crippen LogP contribution in [0.4, 0.5) is 5.69 Å². The second kappa shape index (κ2) is 4.42. The van der Waals surface area contributed by atoms with Crippen LogP contribution in [0.1, 0.15) is 5.56 Å². The smallest absolute Gasteiger partial charge is 0.216 e. The summed E-state index contributed by atoms with van der Waals surface area (Å²) in [7, 11) is 0. The third kappa shape index (κ3) is 1.91. The summed E-state index contributed by atoms with van der Waals surface area (Å²) in [6.45, 7) is 1.93. The Morgan fingerprint density at radius 2 is 1.80 bits per heavy atom. The van der Waals surface area contributed by atoms with E-state index in [-0.39, 0.29) is 16.9 Å². The number of nitrogens with two attached hydrogens (primary N) is 1. The van der Waals surface area contributed by atoms with Gasteiger partial charge in [-0.25, -0.2) is 0 Å². The molecule has 4 nitrogen and oxygen atoms in total. The summed E-state index contributed by atoms with van der Waals surface area (Å²) in [5, 5.41) is 9.78. The summed E-state index contributed by atoms with van der Waals surface area (Å²) in [6.07, 6.45) is 0. The van der Waals surface area contributed by atoms with E-state index in [4.69, 9.17) is 10.2 Å².